The maximum absolute atomic E-state index is 5.92. The lowest BCUT2D eigenvalue weighted by molar-refractivity contribution is 0.189. The fraction of sp³-hybridized carbons (Fsp3) is 0.667. The maximum atomic E-state index is 5.92. The van der Waals surface area contributed by atoms with E-state index in [9.17, 15) is 0 Å². The van der Waals surface area contributed by atoms with Crippen LogP contribution in [-0.4, -0.2) is 37.7 Å². The summed E-state index contributed by atoms with van der Waals surface area (Å²) in [5.41, 5.74) is 6.84. The van der Waals surface area contributed by atoms with Crippen LogP contribution in [0.15, 0.2) is 24.3 Å². The van der Waals surface area contributed by atoms with Gasteiger partial charge in [0.25, 0.3) is 0 Å². The summed E-state index contributed by atoms with van der Waals surface area (Å²) in [7, 11) is 0. The van der Waals surface area contributed by atoms with Crippen LogP contribution in [0.4, 0.5) is 0 Å². The van der Waals surface area contributed by atoms with E-state index in [-0.39, 0.29) is 0 Å². The Kier molecular flexibility index (Phi) is 7.04. The number of nitrogens with two attached hydrogens (primary N) is 1. The first-order valence-electron chi connectivity index (χ1n) is 8.42. The van der Waals surface area contributed by atoms with Crippen molar-refractivity contribution in [3.8, 4) is 5.75 Å². The lowest BCUT2D eigenvalue weighted by Gasteiger charge is -2.24. The van der Waals surface area contributed by atoms with E-state index in [0.717, 1.165) is 25.3 Å². The van der Waals surface area contributed by atoms with E-state index in [2.05, 4.69) is 36.1 Å². The predicted octanol–water partition coefficient (Wildman–Crippen LogP) is 3.08. The van der Waals surface area contributed by atoms with Crippen LogP contribution < -0.4 is 10.5 Å². The highest BCUT2D eigenvalue weighted by molar-refractivity contribution is 5.27. The Labute approximate surface area is 129 Å². The molecule has 0 spiro atoms. The van der Waals surface area contributed by atoms with Crippen LogP contribution in [-0.2, 0) is 6.42 Å². The van der Waals surface area contributed by atoms with Gasteiger partial charge in [-0.25, -0.2) is 0 Å². The third-order valence-corrected chi connectivity index (χ3v) is 4.16. The van der Waals surface area contributed by atoms with Crippen molar-refractivity contribution in [3.05, 3.63) is 29.8 Å². The van der Waals surface area contributed by atoms with Gasteiger partial charge < -0.3 is 15.4 Å². The van der Waals surface area contributed by atoms with Crippen LogP contribution in [0.1, 0.15) is 38.2 Å². The normalized spacial score (nSPS) is 18.2. The molecule has 3 heteroatoms. The molecule has 0 aromatic heterocycles. The Hall–Kier alpha value is -1.06. The van der Waals surface area contributed by atoms with Gasteiger partial charge in [0.15, 0.2) is 0 Å². The van der Waals surface area contributed by atoms with Crippen LogP contribution in [0, 0.1) is 5.92 Å². The molecule has 1 aliphatic heterocycles. The molecule has 3 nitrogen and oxygen atoms in total. The summed E-state index contributed by atoms with van der Waals surface area (Å²) in [5.74, 6) is 1.55. The zero-order valence-corrected chi connectivity index (χ0v) is 13.4. The predicted molar refractivity (Wildman–Crippen MR) is 88.8 cm³/mol. The van der Waals surface area contributed by atoms with Gasteiger partial charge in [0.05, 0.1) is 6.61 Å². The minimum atomic E-state index is 0.576. The first-order chi connectivity index (χ1) is 10.3. The molecule has 1 aromatic rings. The Morgan fingerprint density at radius 3 is 2.38 bits per heavy atom. The van der Waals surface area contributed by atoms with E-state index < -0.39 is 0 Å². The molecule has 1 saturated heterocycles. The molecule has 2 N–H and O–H groups in total. The summed E-state index contributed by atoms with van der Waals surface area (Å²) in [5, 5.41) is 0. The lowest BCUT2D eigenvalue weighted by Crippen LogP contribution is -2.31. The quantitative estimate of drug-likeness (QED) is 0.838. The third kappa shape index (κ3) is 6.06. The van der Waals surface area contributed by atoms with Gasteiger partial charge in [0, 0.05) is 12.5 Å². The molecule has 1 aromatic carbocycles. The molecule has 0 saturated carbocycles. The van der Waals surface area contributed by atoms with Crippen molar-refractivity contribution in [1.29, 1.82) is 0 Å². The topological polar surface area (TPSA) is 38.5 Å². The van der Waals surface area contributed by atoms with Gasteiger partial charge in [-0.2, -0.15) is 0 Å². The van der Waals surface area contributed by atoms with Crippen molar-refractivity contribution in [1.82, 2.24) is 4.90 Å². The second-order valence-electron chi connectivity index (χ2n) is 6.31. The molecule has 0 aliphatic carbocycles. The Morgan fingerprint density at radius 2 is 1.76 bits per heavy atom. The molecule has 2 rings (SSSR count). The van der Waals surface area contributed by atoms with E-state index in [1.54, 1.807) is 0 Å². The van der Waals surface area contributed by atoms with Crippen LogP contribution in [0.25, 0.3) is 0 Å². The Morgan fingerprint density at radius 1 is 1.10 bits per heavy atom. The van der Waals surface area contributed by atoms with Crippen LogP contribution in [0.2, 0.25) is 0 Å². The number of ether oxygens (including phenoxy) is 1. The molecule has 1 fully saturated rings. The molecule has 118 valence electrons. The molecule has 1 unspecified atom stereocenters. The summed E-state index contributed by atoms with van der Waals surface area (Å²) >= 11 is 0. The lowest BCUT2D eigenvalue weighted by atomic mass is 10.1. The largest absolute Gasteiger partial charge is 0.493 e. The summed E-state index contributed by atoms with van der Waals surface area (Å²) in [6.07, 6.45) is 6.45. The molecule has 21 heavy (non-hydrogen) atoms. The highest BCUT2D eigenvalue weighted by atomic mass is 16.5. The van der Waals surface area contributed by atoms with Crippen molar-refractivity contribution < 1.29 is 4.74 Å². The zero-order chi connectivity index (χ0) is 14.9. The van der Waals surface area contributed by atoms with Gasteiger partial charge in [0.1, 0.15) is 5.75 Å². The second-order valence-corrected chi connectivity index (χ2v) is 6.31. The third-order valence-electron chi connectivity index (χ3n) is 4.16. The van der Waals surface area contributed by atoms with E-state index in [0.29, 0.717) is 12.5 Å². The molecular weight excluding hydrogens is 260 g/mol. The van der Waals surface area contributed by atoms with Gasteiger partial charge in [0.2, 0.25) is 0 Å². The van der Waals surface area contributed by atoms with E-state index in [4.69, 9.17) is 10.5 Å². The number of likely N-dealkylation sites (tertiary alicyclic amines) is 1. The molecule has 0 amide bonds. The number of hydrogen-bond donors (Lipinski definition) is 1. The molecular formula is C18H30N2O. The number of rotatable bonds is 7. The van der Waals surface area contributed by atoms with Gasteiger partial charge in [-0.1, -0.05) is 31.9 Å². The van der Waals surface area contributed by atoms with E-state index in [1.165, 1.54) is 44.3 Å². The van der Waals surface area contributed by atoms with E-state index >= 15 is 0 Å². The van der Waals surface area contributed by atoms with Crippen molar-refractivity contribution in [2.75, 3.05) is 32.8 Å². The average Bonchev–Trinajstić information content (AvgIpc) is 2.75. The summed E-state index contributed by atoms with van der Waals surface area (Å²) in [6.45, 7) is 7.47. The number of nitrogens with zero attached hydrogens (tertiary/aromatic N) is 1. The first-order valence-corrected chi connectivity index (χ1v) is 8.42. The van der Waals surface area contributed by atoms with Crippen molar-refractivity contribution in [2.24, 2.45) is 11.7 Å². The van der Waals surface area contributed by atoms with E-state index in [1.807, 2.05) is 0 Å². The molecule has 0 radical (unpaired) electrons. The van der Waals surface area contributed by atoms with Crippen LogP contribution >= 0.6 is 0 Å². The monoisotopic (exact) mass is 290 g/mol. The van der Waals surface area contributed by atoms with Crippen LogP contribution in [0.3, 0.4) is 0 Å². The van der Waals surface area contributed by atoms with Gasteiger partial charge in [-0.15, -0.1) is 0 Å². The minimum Gasteiger partial charge on any atom is -0.493 e. The van der Waals surface area contributed by atoms with Crippen molar-refractivity contribution in [3.63, 3.8) is 0 Å². The second kappa shape index (κ2) is 9.06. The number of benzene rings is 1. The standard InChI is InChI=1S/C18H30N2O/c1-16(14-20-12-4-2-3-5-13-20)15-21-18-8-6-17(7-9-18)10-11-19/h6-9,16H,2-5,10-15,19H2,1H3. The smallest absolute Gasteiger partial charge is 0.119 e. The zero-order valence-electron chi connectivity index (χ0n) is 13.4. The molecule has 1 aliphatic rings. The Balaban J connectivity index is 1.71. The first kappa shape index (κ1) is 16.3. The average molecular weight is 290 g/mol. The maximum Gasteiger partial charge on any atom is 0.119 e. The fourth-order valence-corrected chi connectivity index (χ4v) is 2.97. The SMILES string of the molecule is CC(COc1ccc(CCN)cc1)CN1CCCCCC1. The molecule has 1 atom stereocenters. The minimum absolute atomic E-state index is 0.576. The molecule has 1 heterocycles. The van der Waals surface area contributed by atoms with Crippen LogP contribution in [0.5, 0.6) is 5.75 Å². The van der Waals surface area contributed by atoms with Crippen molar-refractivity contribution >= 4 is 0 Å². The van der Waals surface area contributed by atoms with Crippen molar-refractivity contribution in [2.45, 2.75) is 39.0 Å². The Bertz CT molecular complexity index is 383. The summed E-state index contributed by atoms with van der Waals surface area (Å²) in [6, 6.07) is 8.34. The summed E-state index contributed by atoms with van der Waals surface area (Å²) in [4.78, 5) is 2.60. The fourth-order valence-electron chi connectivity index (χ4n) is 2.97. The van der Waals surface area contributed by atoms with Gasteiger partial charge in [-0.3, -0.25) is 0 Å². The highest BCUT2D eigenvalue weighted by Crippen LogP contribution is 2.15. The number of hydrogen-bond acceptors (Lipinski definition) is 3. The van der Waals surface area contributed by atoms with Gasteiger partial charge in [-0.05, 0) is 56.6 Å². The van der Waals surface area contributed by atoms with Gasteiger partial charge >= 0.3 is 0 Å². The highest BCUT2D eigenvalue weighted by Gasteiger charge is 2.13. The molecule has 0 bridgehead atoms. The summed E-state index contributed by atoms with van der Waals surface area (Å²) < 4.78 is 5.92.